The molecule has 0 radical (unpaired) electrons. The molecule has 6 rings (SSSR count). The van der Waals surface area contributed by atoms with Gasteiger partial charge in [-0.3, -0.25) is 14.8 Å². The molecule has 1 amide bonds. The van der Waals surface area contributed by atoms with Crippen LogP contribution in [0.3, 0.4) is 0 Å². The fraction of sp³-hybridized carbons (Fsp3) is 0.212. The lowest BCUT2D eigenvalue weighted by Crippen LogP contribution is -2.45. The molecule has 1 aliphatic heterocycles. The highest BCUT2D eigenvalue weighted by Gasteiger charge is 2.17. The molecule has 0 saturated carbocycles. The van der Waals surface area contributed by atoms with Crippen molar-refractivity contribution in [1.82, 2.24) is 15.1 Å². The first kappa shape index (κ1) is 26.0. The third-order valence-electron chi connectivity index (χ3n) is 7.41. The van der Waals surface area contributed by atoms with Crippen LogP contribution in [0.2, 0.25) is 0 Å². The van der Waals surface area contributed by atoms with Gasteiger partial charge in [-0.1, -0.05) is 54.6 Å². The summed E-state index contributed by atoms with van der Waals surface area (Å²) in [5.74, 6) is -0.0104. The second kappa shape index (κ2) is 11.9. The zero-order valence-corrected chi connectivity index (χ0v) is 23.5. The molecule has 2 aromatic heterocycles. The van der Waals surface area contributed by atoms with Gasteiger partial charge in [-0.05, 0) is 65.4 Å². The Balaban J connectivity index is 1.11. The van der Waals surface area contributed by atoms with Crippen molar-refractivity contribution in [3.63, 3.8) is 0 Å². The smallest absolute Gasteiger partial charge is 0.229 e. The van der Waals surface area contributed by atoms with Crippen molar-refractivity contribution in [2.75, 3.05) is 36.4 Å². The summed E-state index contributed by atoms with van der Waals surface area (Å²) in [6.45, 7) is 7.16. The number of carbonyl (C=O) groups is 1. The number of fused-ring (bicyclic) bond motifs is 1. The van der Waals surface area contributed by atoms with Crippen molar-refractivity contribution in [3.8, 4) is 0 Å². The highest BCUT2D eigenvalue weighted by Crippen LogP contribution is 2.26. The second-order valence-electron chi connectivity index (χ2n) is 10.3. The maximum absolute atomic E-state index is 12.6. The number of rotatable bonds is 8. The molecule has 0 aliphatic carbocycles. The lowest BCUT2D eigenvalue weighted by atomic mass is 10.1. The average Bonchev–Trinajstić information content (AvgIpc) is 3.63. The molecule has 3 aromatic carbocycles. The van der Waals surface area contributed by atoms with Crippen molar-refractivity contribution in [2.24, 2.45) is 0 Å². The number of benzene rings is 3. The van der Waals surface area contributed by atoms with Gasteiger partial charge in [0.2, 0.25) is 5.91 Å². The molecule has 0 spiro atoms. The lowest BCUT2D eigenvalue weighted by molar-refractivity contribution is -0.115. The molecule has 1 saturated heterocycles. The van der Waals surface area contributed by atoms with E-state index in [0.717, 1.165) is 71.0 Å². The average molecular weight is 548 g/mol. The van der Waals surface area contributed by atoms with Crippen LogP contribution < -0.4 is 10.2 Å². The molecule has 2 N–H and O–H groups in total. The molecular formula is C33H33N5OS. The van der Waals surface area contributed by atoms with Gasteiger partial charge in [0, 0.05) is 54.4 Å². The molecule has 0 bridgehead atoms. The Morgan fingerprint density at radius 3 is 2.62 bits per heavy atom. The van der Waals surface area contributed by atoms with E-state index >= 15 is 0 Å². The predicted octanol–water partition coefficient (Wildman–Crippen LogP) is 6.61. The highest BCUT2D eigenvalue weighted by molar-refractivity contribution is 7.10. The minimum absolute atomic E-state index is 0.0104. The largest absolute Gasteiger partial charge is 0.369 e. The van der Waals surface area contributed by atoms with Crippen LogP contribution in [-0.2, 0) is 17.8 Å². The topological polar surface area (TPSA) is 64.3 Å². The van der Waals surface area contributed by atoms with Crippen LogP contribution in [0.15, 0.2) is 84.2 Å². The molecule has 3 heterocycles. The Morgan fingerprint density at radius 1 is 0.975 bits per heavy atom. The van der Waals surface area contributed by atoms with E-state index in [1.165, 1.54) is 11.3 Å². The van der Waals surface area contributed by atoms with Gasteiger partial charge in [-0.15, -0.1) is 11.3 Å². The van der Waals surface area contributed by atoms with E-state index in [1.807, 2.05) is 42.6 Å². The first-order chi connectivity index (χ1) is 19.6. The van der Waals surface area contributed by atoms with Gasteiger partial charge in [0.1, 0.15) is 0 Å². The zero-order chi connectivity index (χ0) is 27.3. The highest BCUT2D eigenvalue weighted by atomic mass is 32.1. The third kappa shape index (κ3) is 6.17. The third-order valence-corrected chi connectivity index (χ3v) is 8.29. The first-order valence-corrected chi connectivity index (χ1v) is 14.6. The van der Waals surface area contributed by atoms with Crippen molar-refractivity contribution < 1.29 is 4.79 Å². The van der Waals surface area contributed by atoms with E-state index in [1.54, 1.807) is 11.3 Å². The number of hydrogen-bond acceptors (Lipinski definition) is 5. The van der Waals surface area contributed by atoms with Gasteiger partial charge >= 0.3 is 0 Å². The molecule has 5 aromatic rings. The van der Waals surface area contributed by atoms with Gasteiger partial charge in [-0.2, -0.15) is 5.10 Å². The minimum atomic E-state index is -0.0104. The van der Waals surface area contributed by atoms with Crippen molar-refractivity contribution in [1.29, 1.82) is 0 Å². The number of thiophene rings is 1. The summed E-state index contributed by atoms with van der Waals surface area (Å²) >= 11 is 1.60. The van der Waals surface area contributed by atoms with Crippen LogP contribution in [0.25, 0.3) is 23.1 Å². The molecule has 40 heavy (non-hydrogen) atoms. The zero-order valence-electron chi connectivity index (χ0n) is 22.6. The number of aromatic amines is 1. The number of aromatic nitrogens is 2. The molecule has 1 fully saturated rings. The molecule has 7 heteroatoms. The number of carbonyl (C=O) groups excluding carboxylic acids is 1. The summed E-state index contributed by atoms with van der Waals surface area (Å²) in [4.78, 5) is 18.7. The van der Waals surface area contributed by atoms with Crippen LogP contribution in [0.1, 0.15) is 27.3 Å². The predicted molar refractivity (Wildman–Crippen MR) is 167 cm³/mol. The molecule has 6 nitrogen and oxygen atoms in total. The first-order valence-electron chi connectivity index (χ1n) is 13.7. The van der Waals surface area contributed by atoms with Crippen LogP contribution >= 0.6 is 11.3 Å². The summed E-state index contributed by atoms with van der Waals surface area (Å²) < 4.78 is 0. The van der Waals surface area contributed by atoms with Crippen molar-refractivity contribution >= 4 is 51.7 Å². The fourth-order valence-corrected chi connectivity index (χ4v) is 5.96. The van der Waals surface area contributed by atoms with Crippen LogP contribution in [0.4, 0.5) is 11.4 Å². The number of nitrogens with one attached hydrogen (secondary N) is 2. The van der Waals surface area contributed by atoms with Crippen LogP contribution in [0, 0.1) is 6.92 Å². The monoisotopic (exact) mass is 547 g/mol. The van der Waals surface area contributed by atoms with E-state index in [2.05, 4.69) is 86.0 Å². The molecule has 202 valence electrons. The molecule has 1 aliphatic rings. The van der Waals surface area contributed by atoms with E-state index in [9.17, 15) is 4.79 Å². The number of H-pyrrole nitrogens is 1. The molecular weight excluding hydrogens is 514 g/mol. The molecule has 0 atom stereocenters. The van der Waals surface area contributed by atoms with E-state index in [-0.39, 0.29) is 5.91 Å². The number of hydrogen-bond donors (Lipinski definition) is 2. The Kier molecular flexibility index (Phi) is 7.75. The Morgan fingerprint density at radius 2 is 1.82 bits per heavy atom. The van der Waals surface area contributed by atoms with Gasteiger partial charge in [-0.25, -0.2) is 0 Å². The Labute approximate surface area is 239 Å². The van der Waals surface area contributed by atoms with Crippen LogP contribution in [0.5, 0.6) is 0 Å². The van der Waals surface area contributed by atoms with E-state index in [4.69, 9.17) is 0 Å². The summed E-state index contributed by atoms with van der Waals surface area (Å²) in [7, 11) is 0. The van der Waals surface area contributed by atoms with Crippen molar-refractivity contribution in [2.45, 2.75) is 19.9 Å². The number of aryl methyl sites for hydroxylation is 1. The maximum Gasteiger partial charge on any atom is 0.229 e. The minimum Gasteiger partial charge on any atom is -0.369 e. The van der Waals surface area contributed by atoms with Crippen molar-refractivity contribution in [3.05, 3.63) is 112 Å². The van der Waals surface area contributed by atoms with E-state index in [0.29, 0.717) is 6.42 Å². The van der Waals surface area contributed by atoms with Gasteiger partial charge in [0.25, 0.3) is 0 Å². The standard InChI is InChI=1S/C33H33N5OS/c1-24-19-32-29(22-31(24)34-33(39)21-28-11-6-18-40-28)30(35-36-32)13-12-25-7-5-8-26(20-25)23-37-14-16-38(17-15-37)27-9-3-2-4-10-27/h2-13,18-20,22H,14-17,21,23H2,1H3,(H,34,39)(H,35,36)/b13-12+. The number of para-hydroxylation sites is 1. The SMILES string of the molecule is Cc1cc2[nH]nc(/C=C/c3cccc(CN4CCN(c5ccccc5)CC4)c3)c2cc1NC(=O)Cc1cccs1. The number of anilines is 2. The van der Waals surface area contributed by atoms with E-state index < -0.39 is 0 Å². The second-order valence-corrected chi connectivity index (χ2v) is 11.3. The molecule has 0 unspecified atom stereocenters. The summed E-state index contributed by atoms with van der Waals surface area (Å²) in [6, 6.07) is 27.4. The van der Waals surface area contributed by atoms with Gasteiger partial charge in [0.05, 0.1) is 17.6 Å². The number of nitrogens with zero attached hydrogens (tertiary/aromatic N) is 3. The lowest BCUT2D eigenvalue weighted by Gasteiger charge is -2.36. The Hall–Kier alpha value is -4.20. The van der Waals surface area contributed by atoms with Gasteiger partial charge in [0.15, 0.2) is 0 Å². The fourth-order valence-electron chi connectivity index (χ4n) is 5.25. The maximum atomic E-state index is 12.6. The Bertz CT molecular complexity index is 1620. The summed E-state index contributed by atoms with van der Waals surface area (Å²) in [5, 5.41) is 13.7. The quantitative estimate of drug-likeness (QED) is 0.230. The van der Waals surface area contributed by atoms with Crippen LogP contribution in [-0.4, -0.2) is 47.2 Å². The normalized spacial score (nSPS) is 14.3. The summed E-state index contributed by atoms with van der Waals surface area (Å²) in [6.07, 6.45) is 4.54. The number of piperazine rings is 1. The van der Waals surface area contributed by atoms with Gasteiger partial charge < -0.3 is 10.2 Å². The number of amides is 1. The summed E-state index contributed by atoms with van der Waals surface area (Å²) in [5.41, 5.74) is 7.40.